The molecule has 1 fully saturated rings. The highest BCUT2D eigenvalue weighted by molar-refractivity contribution is 9.09. The maximum atomic E-state index is 11.7. The standard InChI is InChI=1S/C25H35BrO8/c1-17(27)31-22-11-21(9-10-30-16-20-7-5-4-6-8-20)34-24(12-22)13-23(32-18(2)28)14-25(15-26)33-19(3)29/h4-8,21-25H,9-16H2,1-3H3/t21-,22+,23+,24-,25-/m1/s1. The van der Waals surface area contributed by atoms with Gasteiger partial charge in [0.25, 0.3) is 0 Å². The van der Waals surface area contributed by atoms with Crippen LogP contribution in [0.2, 0.25) is 0 Å². The van der Waals surface area contributed by atoms with E-state index in [0.29, 0.717) is 50.6 Å². The number of carbonyl (C=O) groups excluding carboxylic acids is 3. The first kappa shape index (κ1) is 28.3. The van der Waals surface area contributed by atoms with E-state index >= 15 is 0 Å². The van der Waals surface area contributed by atoms with E-state index in [-0.39, 0.29) is 24.3 Å². The lowest BCUT2D eigenvalue weighted by Gasteiger charge is -2.36. The number of hydrogen-bond acceptors (Lipinski definition) is 8. The molecule has 0 amide bonds. The lowest BCUT2D eigenvalue weighted by molar-refractivity contribution is -0.166. The monoisotopic (exact) mass is 542 g/mol. The Kier molecular flexibility index (Phi) is 12.6. The van der Waals surface area contributed by atoms with Gasteiger partial charge >= 0.3 is 17.9 Å². The highest BCUT2D eigenvalue weighted by Gasteiger charge is 2.34. The van der Waals surface area contributed by atoms with Crippen LogP contribution in [0.3, 0.4) is 0 Å². The van der Waals surface area contributed by atoms with Gasteiger partial charge in [0.1, 0.15) is 18.3 Å². The quantitative estimate of drug-likeness (QED) is 0.159. The first-order chi connectivity index (χ1) is 16.2. The van der Waals surface area contributed by atoms with Gasteiger partial charge in [-0.1, -0.05) is 46.3 Å². The molecule has 8 nitrogen and oxygen atoms in total. The number of esters is 3. The predicted octanol–water partition coefficient (Wildman–Crippen LogP) is 4.11. The maximum Gasteiger partial charge on any atom is 0.302 e. The molecule has 0 spiro atoms. The molecule has 1 aliphatic rings. The van der Waals surface area contributed by atoms with E-state index in [1.165, 1.54) is 20.8 Å². The van der Waals surface area contributed by atoms with Crippen molar-refractivity contribution < 1.29 is 38.1 Å². The van der Waals surface area contributed by atoms with Gasteiger partial charge in [0, 0.05) is 58.4 Å². The van der Waals surface area contributed by atoms with E-state index in [0.717, 1.165) is 5.56 Å². The summed E-state index contributed by atoms with van der Waals surface area (Å²) in [7, 11) is 0. The normalized spacial score (nSPS) is 21.8. The number of rotatable bonds is 13. The van der Waals surface area contributed by atoms with Crippen molar-refractivity contribution in [3.05, 3.63) is 35.9 Å². The van der Waals surface area contributed by atoms with Crippen molar-refractivity contribution in [1.82, 2.24) is 0 Å². The molecule has 0 N–H and O–H groups in total. The molecule has 0 bridgehead atoms. The van der Waals surface area contributed by atoms with Gasteiger partial charge in [-0.15, -0.1) is 0 Å². The molecule has 1 aromatic carbocycles. The van der Waals surface area contributed by atoms with Crippen LogP contribution in [0.25, 0.3) is 0 Å². The van der Waals surface area contributed by atoms with Gasteiger partial charge in [-0.25, -0.2) is 0 Å². The van der Waals surface area contributed by atoms with Gasteiger partial charge in [-0.3, -0.25) is 14.4 Å². The van der Waals surface area contributed by atoms with E-state index in [4.69, 9.17) is 23.7 Å². The smallest absolute Gasteiger partial charge is 0.302 e. The fraction of sp³-hybridized carbons (Fsp3) is 0.640. The first-order valence-corrected chi connectivity index (χ1v) is 12.7. The average molecular weight is 543 g/mol. The second-order valence-corrected chi connectivity index (χ2v) is 9.15. The Morgan fingerprint density at radius 3 is 2.24 bits per heavy atom. The van der Waals surface area contributed by atoms with Gasteiger partial charge in [0.15, 0.2) is 0 Å². The van der Waals surface area contributed by atoms with Crippen molar-refractivity contribution in [2.24, 2.45) is 0 Å². The molecule has 0 aromatic heterocycles. The zero-order valence-corrected chi connectivity index (χ0v) is 21.7. The summed E-state index contributed by atoms with van der Waals surface area (Å²) in [6.45, 7) is 5.10. The topological polar surface area (TPSA) is 97.4 Å². The van der Waals surface area contributed by atoms with Crippen molar-refractivity contribution in [2.75, 3.05) is 11.9 Å². The first-order valence-electron chi connectivity index (χ1n) is 11.6. The number of carbonyl (C=O) groups is 3. The fourth-order valence-corrected chi connectivity index (χ4v) is 4.50. The minimum Gasteiger partial charge on any atom is -0.462 e. The van der Waals surface area contributed by atoms with E-state index in [9.17, 15) is 14.4 Å². The summed E-state index contributed by atoms with van der Waals surface area (Å²) in [5, 5.41) is 0.424. The SMILES string of the molecule is CC(=O)O[C@H](C[C@H](CBr)OC(C)=O)C[C@H]1C[C@@H](OC(C)=O)C[C@@H](CCOCc2ccccc2)O1. The fourth-order valence-electron chi connectivity index (χ4n) is 4.10. The second kappa shape index (κ2) is 15.1. The molecule has 1 aromatic rings. The largest absolute Gasteiger partial charge is 0.462 e. The van der Waals surface area contributed by atoms with Gasteiger partial charge < -0.3 is 23.7 Å². The van der Waals surface area contributed by atoms with Gasteiger partial charge in [0.2, 0.25) is 0 Å². The molecule has 34 heavy (non-hydrogen) atoms. The molecular formula is C25H35BrO8. The van der Waals surface area contributed by atoms with Crippen molar-refractivity contribution >= 4 is 33.8 Å². The van der Waals surface area contributed by atoms with Crippen LogP contribution in [-0.2, 0) is 44.7 Å². The lowest BCUT2D eigenvalue weighted by Crippen LogP contribution is -2.41. The molecule has 0 unspecified atom stereocenters. The molecule has 190 valence electrons. The molecule has 1 heterocycles. The Morgan fingerprint density at radius 2 is 1.62 bits per heavy atom. The van der Waals surface area contributed by atoms with E-state index in [1.54, 1.807) is 0 Å². The third kappa shape index (κ3) is 11.4. The van der Waals surface area contributed by atoms with Crippen molar-refractivity contribution in [2.45, 2.75) is 90.0 Å². The predicted molar refractivity (Wildman–Crippen MR) is 128 cm³/mol. The molecule has 1 saturated heterocycles. The van der Waals surface area contributed by atoms with Gasteiger partial charge in [0.05, 0.1) is 18.8 Å². The van der Waals surface area contributed by atoms with Crippen LogP contribution in [0, 0.1) is 0 Å². The summed E-state index contributed by atoms with van der Waals surface area (Å²) >= 11 is 3.34. The molecule has 0 saturated carbocycles. The summed E-state index contributed by atoms with van der Waals surface area (Å²) in [6, 6.07) is 9.92. The zero-order valence-electron chi connectivity index (χ0n) is 20.1. The van der Waals surface area contributed by atoms with Crippen LogP contribution < -0.4 is 0 Å². The second-order valence-electron chi connectivity index (χ2n) is 8.50. The minimum absolute atomic E-state index is 0.155. The Bertz CT molecular complexity index is 771. The van der Waals surface area contributed by atoms with E-state index in [1.807, 2.05) is 30.3 Å². The summed E-state index contributed by atoms with van der Waals surface area (Å²) in [4.78, 5) is 34.6. The van der Waals surface area contributed by atoms with Gasteiger partial charge in [-0.05, 0) is 12.0 Å². The Balaban J connectivity index is 1.96. The van der Waals surface area contributed by atoms with Crippen LogP contribution in [0.5, 0.6) is 0 Å². The van der Waals surface area contributed by atoms with Crippen LogP contribution >= 0.6 is 15.9 Å². The van der Waals surface area contributed by atoms with E-state index < -0.39 is 24.1 Å². The highest BCUT2D eigenvalue weighted by Crippen LogP contribution is 2.29. The number of halogens is 1. The third-order valence-electron chi connectivity index (χ3n) is 5.35. The number of ether oxygens (including phenoxy) is 5. The van der Waals surface area contributed by atoms with Crippen LogP contribution in [0.4, 0.5) is 0 Å². The number of alkyl halides is 1. The lowest BCUT2D eigenvalue weighted by atomic mass is 9.94. The number of benzene rings is 1. The van der Waals surface area contributed by atoms with E-state index in [2.05, 4.69) is 15.9 Å². The molecule has 5 atom stereocenters. The molecule has 0 radical (unpaired) electrons. The van der Waals surface area contributed by atoms with Crippen LogP contribution in [-0.4, -0.2) is 60.4 Å². The van der Waals surface area contributed by atoms with Crippen LogP contribution in [0.15, 0.2) is 30.3 Å². The molecule has 9 heteroatoms. The molecule has 2 rings (SSSR count). The Labute approximate surface area is 209 Å². The maximum absolute atomic E-state index is 11.7. The summed E-state index contributed by atoms with van der Waals surface area (Å²) < 4.78 is 28.4. The molecule has 0 aliphatic carbocycles. The average Bonchev–Trinajstić information content (AvgIpc) is 2.75. The summed E-state index contributed by atoms with van der Waals surface area (Å²) in [6.07, 6.45) is 0.827. The zero-order chi connectivity index (χ0) is 24.9. The van der Waals surface area contributed by atoms with Crippen molar-refractivity contribution in [1.29, 1.82) is 0 Å². The summed E-state index contributed by atoms with van der Waals surface area (Å²) in [5.74, 6) is -1.15. The van der Waals surface area contributed by atoms with Crippen molar-refractivity contribution in [3.63, 3.8) is 0 Å². The van der Waals surface area contributed by atoms with Gasteiger partial charge in [-0.2, -0.15) is 0 Å². The summed E-state index contributed by atoms with van der Waals surface area (Å²) in [5.41, 5.74) is 1.10. The Hall–Kier alpha value is -1.97. The molecular weight excluding hydrogens is 508 g/mol. The number of hydrogen-bond donors (Lipinski definition) is 0. The Morgan fingerprint density at radius 1 is 0.971 bits per heavy atom. The minimum atomic E-state index is -0.504. The molecule has 1 aliphatic heterocycles. The highest BCUT2D eigenvalue weighted by atomic mass is 79.9. The van der Waals surface area contributed by atoms with Crippen LogP contribution in [0.1, 0.15) is 58.4 Å². The third-order valence-corrected chi connectivity index (χ3v) is 6.08. The van der Waals surface area contributed by atoms with Crippen molar-refractivity contribution in [3.8, 4) is 0 Å².